The van der Waals surface area contributed by atoms with Gasteiger partial charge in [-0.15, -0.1) is 0 Å². The van der Waals surface area contributed by atoms with E-state index in [0.29, 0.717) is 6.54 Å². The van der Waals surface area contributed by atoms with Crippen LogP contribution in [0.2, 0.25) is 5.02 Å². The average Bonchev–Trinajstić information content (AvgIpc) is 2.22. The molecule has 4 nitrogen and oxygen atoms in total. The first-order valence-electron chi connectivity index (χ1n) is 4.56. The lowest BCUT2D eigenvalue weighted by Crippen LogP contribution is -2.30. The minimum absolute atomic E-state index is 0.00152. The topological polar surface area (TPSA) is 58.2 Å². The van der Waals surface area contributed by atoms with Gasteiger partial charge in [-0.25, -0.2) is 17.5 Å². The second-order valence-electron chi connectivity index (χ2n) is 3.08. The molecule has 90 valence electrons. The van der Waals surface area contributed by atoms with Crippen LogP contribution >= 0.6 is 11.6 Å². The van der Waals surface area contributed by atoms with E-state index in [-0.39, 0.29) is 16.5 Å². The van der Waals surface area contributed by atoms with Crippen LogP contribution < -0.4 is 10.0 Å². The molecule has 0 aliphatic carbocycles. The number of sulfonamides is 1. The molecule has 1 aromatic carbocycles. The van der Waals surface area contributed by atoms with E-state index in [4.69, 9.17) is 11.6 Å². The Kier molecular flexibility index (Phi) is 4.67. The van der Waals surface area contributed by atoms with Crippen LogP contribution in [0.4, 0.5) is 4.39 Å². The Morgan fingerprint density at radius 2 is 2.06 bits per heavy atom. The molecule has 0 saturated carbocycles. The highest BCUT2D eigenvalue weighted by molar-refractivity contribution is 7.89. The maximum absolute atomic E-state index is 12.9. The summed E-state index contributed by atoms with van der Waals surface area (Å²) in [6.07, 6.45) is 0. The number of halogens is 2. The van der Waals surface area contributed by atoms with Gasteiger partial charge < -0.3 is 5.32 Å². The molecule has 0 spiro atoms. The van der Waals surface area contributed by atoms with Crippen LogP contribution in [0, 0.1) is 5.82 Å². The van der Waals surface area contributed by atoms with Crippen molar-refractivity contribution in [3.05, 3.63) is 29.0 Å². The predicted molar refractivity (Wildman–Crippen MR) is 60.5 cm³/mol. The lowest BCUT2D eigenvalue weighted by molar-refractivity contribution is 0.576. The minimum atomic E-state index is -3.75. The van der Waals surface area contributed by atoms with Crippen molar-refractivity contribution in [2.75, 3.05) is 20.1 Å². The van der Waals surface area contributed by atoms with Gasteiger partial charge in [0.1, 0.15) is 10.7 Å². The quantitative estimate of drug-likeness (QED) is 0.781. The largest absolute Gasteiger partial charge is 0.318 e. The van der Waals surface area contributed by atoms with Gasteiger partial charge in [0.25, 0.3) is 0 Å². The molecular weight excluding hydrogens is 255 g/mol. The highest BCUT2D eigenvalue weighted by Crippen LogP contribution is 2.21. The smallest absolute Gasteiger partial charge is 0.242 e. The molecule has 0 atom stereocenters. The van der Waals surface area contributed by atoms with E-state index in [1.165, 1.54) is 6.07 Å². The fourth-order valence-electron chi connectivity index (χ4n) is 1.07. The maximum Gasteiger partial charge on any atom is 0.242 e. The zero-order valence-corrected chi connectivity index (χ0v) is 10.2. The van der Waals surface area contributed by atoms with Crippen LogP contribution in [0.3, 0.4) is 0 Å². The molecule has 7 heteroatoms. The van der Waals surface area contributed by atoms with Crippen molar-refractivity contribution < 1.29 is 12.8 Å². The SMILES string of the molecule is CNCCNS(=O)(=O)c1cc(F)ccc1Cl. The summed E-state index contributed by atoms with van der Waals surface area (Å²) in [5, 5.41) is 2.78. The van der Waals surface area contributed by atoms with Crippen molar-refractivity contribution in [3.8, 4) is 0 Å². The van der Waals surface area contributed by atoms with Gasteiger partial charge in [-0.2, -0.15) is 0 Å². The Morgan fingerprint density at radius 1 is 1.38 bits per heavy atom. The number of likely N-dealkylation sites (N-methyl/N-ethyl adjacent to an activating group) is 1. The number of hydrogen-bond acceptors (Lipinski definition) is 3. The third-order valence-corrected chi connectivity index (χ3v) is 3.79. The highest BCUT2D eigenvalue weighted by Gasteiger charge is 2.17. The second kappa shape index (κ2) is 5.58. The summed E-state index contributed by atoms with van der Waals surface area (Å²) in [4.78, 5) is -0.245. The summed E-state index contributed by atoms with van der Waals surface area (Å²) in [6.45, 7) is 0.692. The van der Waals surface area contributed by atoms with Gasteiger partial charge >= 0.3 is 0 Å². The van der Waals surface area contributed by atoms with Gasteiger partial charge in [-0.3, -0.25) is 0 Å². The van der Waals surface area contributed by atoms with Gasteiger partial charge in [0.15, 0.2) is 0 Å². The number of benzene rings is 1. The Hall–Kier alpha value is -0.690. The van der Waals surface area contributed by atoms with E-state index in [1.807, 2.05) is 0 Å². The first-order valence-corrected chi connectivity index (χ1v) is 6.43. The molecule has 0 aliphatic heterocycles. The molecule has 0 amide bonds. The van der Waals surface area contributed by atoms with Crippen LogP contribution in [0.15, 0.2) is 23.1 Å². The predicted octanol–water partition coefficient (Wildman–Crippen LogP) is 0.977. The first-order chi connectivity index (χ1) is 7.47. The van der Waals surface area contributed by atoms with Crippen molar-refractivity contribution in [3.63, 3.8) is 0 Å². The van der Waals surface area contributed by atoms with E-state index in [0.717, 1.165) is 12.1 Å². The van der Waals surface area contributed by atoms with Gasteiger partial charge in [0.05, 0.1) is 5.02 Å². The Morgan fingerprint density at radius 3 is 2.69 bits per heavy atom. The van der Waals surface area contributed by atoms with Crippen molar-refractivity contribution in [1.29, 1.82) is 0 Å². The fraction of sp³-hybridized carbons (Fsp3) is 0.333. The van der Waals surface area contributed by atoms with Crippen LogP contribution in [-0.4, -0.2) is 28.6 Å². The van der Waals surface area contributed by atoms with Crippen LogP contribution in [0.25, 0.3) is 0 Å². The molecule has 16 heavy (non-hydrogen) atoms. The zero-order chi connectivity index (χ0) is 12.2. The first kappa shape index (κ1) is 13.4. The van der Waals surface area contributed by atoms with Crippen LogP contribution in [0.5, 0.6) is 0 Å². The van der Waals surface area contributed by atoms with Crippen LogP contribution in [-0.2, 0) is 10.0 Å². The summed E-state index contributed by atoms with van der Waals surface area (Å²) in [6, 6.07) is 3.21. The summed E-state index contributed by atoms with van der Waals surface area (Å²) >= 11 is 5.69. The normalized spacial score (nSPS) is 11.7. The van der Waals surface area contributed by atoms with Crippen molar-refractivity contribution >= 4 is 21.6 Å². The maximum atomic E-state index is 12.9. The lowest BCUT2D eigenvalue weighted by Gasteiger charge is -2.07. The molecule has 0 saturated heterocycles. The second-order valence-corrected chi connectivity index (χ2v) is 5.22. The van der Waals surface area contributed by atoms with Gasteiger partial charge in [0.2, 0.25) is 10.0 Å². The summed E-state index contributed by atoms with van der Waals surface area (Å²) < 4.78 is 38.6. The van der Waals surface area contributed by atoms with E-state index in [9.17, 15) is 12.8 Å². The summed E-state index contributed by atoms with van der Waals surface area (Å²) in [5.74, 6) is -0.640. The molecule has 0 radical (unpaired) electrons. The summed E-state index contributed by atoms with van der Waals surface area (Å²) in [5.41, 5.74) is 0. The van der Waals surface area contributed by atoms with Crippen LogP contribution in [0.1, 0.15) is 0 Å². The Bertz CT molecular complexity index is 465. The molecule has 0 heterocycles. The van der Waals surface area contributed by atoms with Crippen molar-refractivity contribution in [1.82, 2.24) is 10.0 Å². The highest BCUT2D eigenvalue weighted by atomic mass is 35.5. The zero-order valence-electron chi connectivity index (χ0n) is 8.63. The molecular formula is C9H12ClFN2O2S. The standard InChI is InChI=1S/C9H12ClFN2O2S/c1-12-4-5-13-16(14,15)9-6-7(11)2-3-8(9)10/h2-3,6,12-13H,4-5H2,1H3. The third kappa shape index (κ3) is 3.41. The molecule has 0 fully saturated rings. The molecule has 0 aliphatic rings. The Balaban J connectivity index is 2.93. The van der Waals surface area contributed by atoms with E-state index < -0.39 is 15.8 Å². The molecule has 2 N–H and O–H groups in total. The number of hydrogen-bond donors (Lipinski definition) is 2. The average molecular weight is 267 g/mol. The van der Waals surface area contributed by atoms with Crippen molar-refractivity contribution in [2.45, 2.75) is 4.90 Å². The van der Waals surface area contributed by atoms with Gasteiger partial charge in [0, 0.05) is 13.1 Å². The molecule has 0 unspecified atom stereocenters. The van der Waals surface area contributed by atoms with E-state index in [2.05, 4.69) is 10.0 Å². The fourth-order valence-corrected chi connectivity index (χ4v) is 2.61. The lowest BCUT2D eigenvalue weighted by atomic mass is 10.3. The van der Waals surface area contributed by atoms with Crippen molar-refractivity contribution in [2.24, 2.45) is 0 Å². The van der Waals surface area contributed by atoms with E-state index >= 15 is 0 Å². The number of nitrogens with one attached hydrogen (secondary N) is 2. The minimum Gasteiger partial charge on any atom is -0.318 e. The molecule has 0 bridgehead atoms. The number of rotatable bonds is 5. The third-order valence-electron chi connectivity index (χ3n) is 1.85. The van der Waals surface area contributed by atoms with E-state index in [1.54, 1.807) is 7.05 Å². The monoisotopic (exact) mass is 266 g/mol. The van der Waals surface area contributed by atoms with Gasteiger partial charge in [-0.05, 0) is 25.2 Å². The molecule has 1 aromatic rings. The Labute approximate surface area is 98.9 Å². The molecule has 1 rings (SSSR count). The molecule has 0 aromatic heterocycles. The van der Waals surface area contributed by atoms with Gasteiger partial charge in [-0.1, -0.05) is 11.6 Å². The summed E-state index contributed by atoms with van der Waals surface area (Å²) in [7, 11) is -2.05.